The Morgan fingerprint density at radius 3 is 2.90 bits per heavy atom. The number of hydrogen-bond donors (Lipinski definition) is 3. The molecule has 0 aliphatic carbocycles. The van der Waals surface area contributed by atoms with Gasteiger partial charge in [-0.15, -0.1) is 11.8 Å². The van der Waals surface area contributed by atoms with Gasteiger partial charge in [0.15, 0.2) is 0 Å². The molecule has 0 spiro atoms. The maximum Gasteiger partial charge on any atom is 0.227 e. The summed E-state index contributed by atoms with van der Waals surface area (Å²) in [6.45, 7) is 2.97. The first-order chi connectivity index (χ1) is 10.1. The molecule has 1 aromatic rings. The Hall–Kier alpha value is -1.53. The zero-order valence-electron chi connectivity index (χ0n) is 12.1. The molecule has 2 unspecified atom stereocenters. The van der Waals surface area contributed by atoms with Gasteiger partial charge in [-0.1, -0.05) is 12.1 Å². The van der Waals surface area contributed by atoms with Gasteiger partial charge in [0.25, 0.3) is 0 Å². The minimum atomic E-state index is -0.367. The van der Waals surface area contributed by atoms with Crippen LogP contribution in [0.5, 0.6) is 0 Å². The Morgan fingerprint density at radius 2 is 2.19 bits per heavy atom. The molecule has 1 aliphatic rings. The Morgan fingerprint density at radius 1 is 1.43 bits per heavy atom. The highest BCUT2D eigenvalue weighted by Gasteiger charge is 2.25. The van der Waals surface area contributed by atoms with Crippen LogP contribution in [0.15, 0.2) is 29.2 Å². The summed E-state index contributed by atoms with van der Waals surface area (Å²) in [6.07, 6.45) is 1.70. The van der Waals surface area contributed by atoms with Gasteiger partial charge in [0.2, 0.25) is 11.8 Å². The number of primary amides is 1. The molecule has 1 aliphatic heterocycles. The molecule has 0 radical (unpaired) electrons. The molecule has 4 N–H and O–H groups in total. The van der Waals surface area contributed by atoms with Crippen LogP contribution in [-0.2, 0) is 9.59 Å². The highest BCUT2D eigenvalue weighted by atomic mass is 32.2. The molecule has 1 fully saturated rings. The van der Waals surface area contributed by atoms with Gasteiger partial charge >= 0.3 is 0 Å². The van der Waals surface area contributed by atoms with Crippen molar-refractivity contribution in [3.05, 3.63) is 24.3 Å². The van der Waals surface area contributed by atoms with Gasteiger partial charge < -0.3 is 16.4 Å². The van der Waals surface area contributed by atoms with Gasteiger partial charge in [-0.05, 0) is 38.4 Å². The van der Waals surface area contributed by atoms with Crippen LogP contribution in [0.3, 0.4) is 0 Å². The number of piperidine rings is 1. The predicted octanol–water partition coefficient (Wildman–Crippen LogP) is 1.59. The third kappa shape index (κ3) is 4.75. The number of carbonyl (C=O) groups is 2. The highest BCUT2D eigenvalue weighted by molar-refractivity contribution is 8.00. The lowest BCUT2D eigenvalue weighted by atomic mass is 9.92. The second-order valence-corrected chi connectivity index (χ2v) is 6.33. The van der Waals surface area contributed by atoms with E-state index in [2.05, 4.69) is 17.6 Å². The predicted molar refractivity (Wildman–Crippen MR) is 85.2 cm³/mol. The van der Waals surface area contributed by atoms with Crippen molar-refractivity contribution in [1.29, 1.82) is 0 Å². The van der Waals surface area contributed by atoms with Crippen molar-refractivity contribution in [3.63, 3.8) is 0 Å². The molecule has 21 heavy (non-hydrogen) atoms. The van der Waals surface area contributed by atoms with Crippen molar-refractivity contribution in [2.75, 3.05) is 17.6 Å². The zero-order valence-corrected chi connectivity index (χ0v) is 12.9. The number of carbonyl (C=O) groups excluding carboxylic acids is 2. The van der Waals surface area contributed by atoms with E-state index in [1.807, 2.05) is 24.3 Å². The lowest BCUT2D eigenvalue weighted by Gasteiger charge is -2.27. The highest BCUT2D eigenvalue weighted by Crippen LogP contribution is 2.28. The minimum absolute atomic E-state index is 0.0375. The number of rotatable bonds is 5. The van der Waals surface area contributed by atoms with Crippen molar-refractivity contribution >= 4 is 29.3 Å². The molecule has 0 saturated carbocycles. The van der Waals surface area contributed by atoms with Crippen LogP contribution in [0.1, 0.15) is 19.8 Å². The van der Waals surface area contributed by atoms with E-state index >= 15 is 0 Å². The van der Waals surface area contributed by atoms with Gasteiger partial charge in [0, 0.05) is 16.9 Å². The first-order valence-electron chi connectivity index (χ1n) is 7.10. The molecule has 1 heterocycles. The summed E-state index contributed by atoms with van der Waals surface area (Å²) in [7, 11) is 0. The van der Waals surface area contributed by atoms with Gasteiger partial charge in [-0.2, -0.15) is 0 Å². The van der Waals surface area contributed by atoms with Crippen LogP contribution < -0.4 is 16.4 Å². The number of anilines is 1. The maximum absolute atomic E-state index is 12.4. The summed E-state index contributed by atoms with van der Waals surface area (Å²) < 4.78 is 0. The van der Waals surface area contributed by atoms with Crippen LogP contribution in [0, 0.1) is 5.92 Å². The summed E-state index contributed by atoms with van der Waals surface area (Å²) in [5, 5.41) is 6.32. The van der Waals surface area contributed by atoms with Crippen LogP contribution in [0.2, 0.25) is 0 Å². The first kappa shape index (κ1) is 15.9. The van der Waals surface area contributed by atoms with Crippen LogP contribution in [0.25, 0.3) is 0 Å². The fourth-order valence-electron chi connectivity index (χ4n) is 2.45. The zero-order chi connectivity index (χ0) is 15.2. The molecule has 1 saturated heterocycles. The molecule has 0 aromatic heterocycles. The van der Waals surface area contributed by atoms with Crippen molar-refractivity contribution in [1.82, 2.24) is 5.32 Å². The van der Waals surface area contributed by atoms with E-state index in [0.717, 1.165) is 30.0 Å². The summed E-state index contributed by atoms with van der Waals surface area (Å²) in [6, 6.07) is 7.86. The van der Waals surface area contributed by atoms with Gasteiger partial charge in [-0.3, -0.25) is 9.59 Å². The average molecular weight is 307 g/mol. The molecule has 0 bridgehead atoms. The lowest BCUT2D eigenvalue weighted by molar-refractivity contribution is -0.121. The molecule has 2 rings (SSSR count). The van der Waals surface area contributed by atoms with Crippen molar-refractivity contribution in [2.45, 2.75) is 30.7 Å². The molecule has 2 amide bonds. The van der Waals surface area contributed by atoms with Gasteiger partial charge in [0.1, 0.15) is 0 Å². The third-order valence-corrected chi connectivity index (χ3v) is 4.61. The first-order valence-corrected chi connectivity index (χ1v) is 8.09. The van der Waals surface area contributed by atoms with Crippen molar-refractivity contribution in [3.8, 4) is 0 Å². The van der Waals surface area contributed by atoms with Crippen molar-refractivity contribution in [2.24, 2.45) is 11.7 Å². The smallest absolute Gasteiger partial charge is 0.227 e. The Kier molecular flexibility index (Phi) is 5.64. The van der Waals surface area contributed by atoms with Crippen LogP contribution in [0.4, 0.5) is 5.69 Å². The molecule has 5 nitrogen and oxygen atoms in total. The Bertz CT molecular complexity index is 521. The number of amides is 2. The van der Waals surface area contributed by atoms with E-state index in [0.29, 0.717) is 6.04 Å². The van der Waals surface area contributed by atoms with E-state index in [4.69, 9.17) is 5.73 Å². The largest absolute Gasteiger partial charge is 0.369 e. The van der Waals surface area contributed by atoms with E-state index in [-0.39, 0.29) is 23.5 Å². The molecular weight excluding hydrogens is 286 g/mol. The second kappa shape index (κ2) is 7.47. The number of para-hydroxylation sites is 1. The Balaban J connectivity index is 2.01. The van der Waals surface area contributed by atoms with E-state index in [1.54, 1.807) is 0 Å². The standard InChI is InChI=1S/C15H21N3O2S/c1-10-8-11(6-7-17-10)15(20)18-12-4-2-3-5-13(12)21-9-14(16)19/h2-5,10-11,17H,6-9H2,1H3,(H2,16,19)(H,18,20). The number of benzene rings is 1. The average Bonchev–Trinajstić information content (AvgIpc) is 2.46. The van der Waals surface area contributed by atoms with E-state index < -0.39 is 0 Å². The summed E-state index contributed by atoms with van der Waals surface area (Å²) in [4.78, 5) is 24.1. The monoisotopic (exact) mass is 307 g/mol. The molecule has 114 valence electrons. The minimum Gasteiger partial charge on any atom is -0.369 e. The van der Waals surface area contributed by atoms with E-state index in [9.17, 15) is 9.59 Å². The lowest BCUT2D eigenvalue weighted by Crippen LogP contribution is -2.40. The molecule has 1 aromatic carbocycles. The normalized spacial score (nSPS) is 21.8. The topological polar surface area (TPSA) is 84.2 Å². The fourth-order valence-corrected chi connectivity index (χ4v) is 3.20. The third-order valence-electron chi connectivity index (χ3n) is 3.51. The maximum atomic E-state index is 12.4. The van der Waals surface area contributed by atoms with Crippen LogP contribution in [-0.4, -0.2) is 30.2 Å². The second-order valence-electron chi connectivity index (χ2n) is 5.32. The molecule has 2 atom stereocenters. The number of nitrogens with one attached hydrogen (secondary N) is 2. The molecular formula is C15H21N3O2S. The molecule has 6 heteroatoms. The number of nitrogens with two attached hydrogens (primary N) is 1. The Labute approximate surface area is 129 Å². The summed E-state index contributed by atoms with van der Waals surface area (Å²) >= 11 is 1.34. The quantitative estimate of drug-likeness (QED) is 0.721. The van der Waals surface area contributed by atoms with Gasteiger partial charge in [-0.25, -0.2) is 0 Å². The van der Waals surface area contributed by atoms with E-state index in [1.165, 1.54) is 11.8 Å². The number of hydrogen-bond acceptors (Lipinski definition) is 4. The van der Waals surface area contributed by atoms with Crippen LogP contribution >= 0.6 is 11.8 Å². The summed E-state index contributed by atoms with van der Waals surface area (Å²) in [5.74, 6) is -0.0729. The van der Waals surface area contributed by atoms with Crippen molar-refractivity contribution < 1.29 is 9.59 Å². The number of thioether (sulfide) groups is 1. The van der Waals surface area contributed by atoms with Gasteiger partial charge in [0.05, 0.1) is 11.4 Å². The SMILES string of the molecule is CC1CC(C(=O)Nc2ccccc2SCC(N)=O)CCN1. The fraction of sp³-hybridized carbons (Fsp3) is 0.467. The summed E-state index contributed by atoms with van der Waals surface area (Å²) in [5.41, 5.74) is 5.92.